The minimum absolute atomic E-state index is 0.0787. The third kappa shape index (κ3) is 2.50. The van der Waals surface area contributed by atoms with Crippen LogP contribution in [0, 0.1) is 17.8 Å². The standard InChI is InChI=1S/C12H22N2/c1-5-10(2)14-12(9-13)7-6-11(3,4)8-12/h1,10,14H,6-9,13H2,2-4H3. The largest absolute Gasteiger partial charge is 0.329 e. The van der Waals surface area contributed by atoms with Crippen molar-refractivity contribution in [1.82, 2.24) is 5.32 Å². The van der Waals surface area contributed by atoms with Gasteiger partial charge in [0.25, 0.3) is 0 Å². The quantitative estimate of drug-likeness (QED) is 0.668. The molecular formula is C12H22N2. The summed E-state index contributed by atoms with van der Waals surface area (Å²) in [6.45, 7) is 7.30. The molecule has 0 bridgehead atoms. The summed E-state index contributed by atoms with van der Waals surface area (Å²) in [5.74, 6) is 2.71. The van der Waals surface area contributed by atoms with Gasteiger partial charge in [-0.25, -0.2) is 0 Å². The van der Waals surface area contributed by atoms with E-state index in [1.165, 1.54) is 6.42 Å². The van der Waals surface area contributed by atoms with E-state index in [1.54, 1.807) is 0 Å². The lowest BCUT2D eigenvalue weighted by atomic mass is 9.87. The molecule has 2 atom stereocenters. The van der Waals surface area contributed by atoms with Gasteiger partial charge in [-0.1, -0.05) is 19.8 Å². The first-order valence-corrected chi connectivity index (χ1v) is 5.37. The molecule has 0 aromatic carbocycles. The molecule has 0 aromatic heterocycles. The van der Waals surface area contributed by atoms with Crippen molar-refractivity contribution in [2.75, 3.05) is 6.54 Å². The molecule has 0 saturated heterocycles. The third-order valence-electron chi connectivity index (χ3n) is 3.26. The molecule has 0 spiro atoms. The van der Waals surface area contributed by atoms with Gasteiger partial charge in [0.05, 0.1) is 6.04 Å². The Morgan fingerprint density at radius 3 is 2.50 bits per heavy atom. The lowest BCUT2D eigenvalue weighted by Gasteiger charge is -2.32. The average Bonchev–Trinajstić information content (AvgIpc) is 2.42. The van der Waals surface area contributed by atoms with Gasteiger partial charge in [0.1, 0.15) is 0 Å². The van der Waals surface area contributed by atoms with Gasteiger partial charge in [0.15, 0.2) is 0 Å². The van der Waals surface area contributed by atoms with Crippen molar-refractivity contribution in [2.45, 2.75) is 51.6 Å². The molecule has 14 heavy (non-hydrogen) atoms. The summed E-state index contributed by atoms with van der Waals surface area (Å²) in [5, 5.41) is 3.49. The molecule has 1 saturated carbocycles. The van der Waals surface area contributed by atoms with Crippen LogP contribution in [-0.2, 0) is 0 Å². The van der Waals surface area contributed by atoms with Crippen LogP contribution >= 0.6 is 0 Å². The van der Waals surface area contributed by atoms with Crippen molar-refractivity contribution >= 4 is 0 Å². The molecule has 2 nitrogen and oxygen atoms in total. The molecule has 80 valence electrons. The second kappa shape index (κ2) is 3.92. The number of rotatable bonds is 3. The molecule has 2 heteroatoms. The molecule has 0 heterocycles. The minimum Gasteiger partial charge on any atom is -0.329 e. The van der Waals surface area contributed by atoms with Crippen molar-refractivity contribution in [3.8, 4) is 12.3 Å². The zero-order valence-electron chi connectivity index (χ0n) is 9.56. The Hall–Kier alpha value is -0.520. The molecule has 1 aliphatic rings. The second-order valence-electron chi connectivity index (χ2n) is 5.36. The molecular weight excluding hydrogens is 172 g/mol. The fourth-order valence-electron chi connectivity index (χ4n) is 2.53. The second-order valence-corrected chi connectivity index (χ2v) is 5.36. The van der Waals surface area contributed by atoms with E-state index in [1.807, 2.05) is 6.92 Å². The number of hydrogen-bond acceptors (Lipinski definition) is 2. The van der Waals surface area contributed by atoms with Crippen LogP contribution < -0.4 is 11.1 Å². The van der Waals surface area contributed by atoms with Crippen LogP contribution in [0.2, 0.25) is 0 Å². The highest BCUT2D eigenvalue weighted by molar-refractivity contribution is 5.06. The summed E-state index contributed by atoms with van der Waals surface area (Å²) in [6.07, 6.45) is 8.88. The number of nitrogens with one attached hydrogen (secondary N) is 1. The van der Waals surface area contributed by atoms with Gasteiger partial charge in [0, 0.05) is 12.1 Å². The fourth-order valence-corrected chi connectivity index (χ4v) is 2.53. The van der Waals surface area contributed by atoms with Gasteiger partial charge < -0.3 is 5.73 Å². The number of nitrogens with two attached hydrogens (primary N) is 1. The Kier molecular flexibility index (Phi) is 3.24. The van der Waals surface area contributed by atoms with Gasteiger partial charge in [-0.05, 0) is 31.6 Å². The minimum atomic E-state index is 0.0787. The van der Waals surface area contributed by atoms with Crippen LogP contribution in [0.4, 0.5) is 0 Å². The maximum Gasteiger partial charge on any atom is 0.0663 e. The molecule has 0 aromatic rings. The average molecular weight is 194 g/mol. The van der Waals surface area contributed by atoms with Gasteiger partial charge in [-0.15, -0.1) is 6.42 Å². The first kappa shape index (κ1) is 11.6. The van der Waals surface area contributed by atoms with E-state index in [-0.39, 0.29) is 11.6 Å². The SMILES string of the molecule is C#CC(C)NC1(CN)CCC(C)(C)C1. The highest BCUT2D eigenvalue weighted by atomic mass is 15.0. The van der Waals surface area contributed by atoms with E-state index < -0.39 is 0 Å². The van der Waals surface area contributed by atoms with Crippen molar-refractivity contribution in [3.05, 3.63) is 0 Å². The predicted molar refractivity (Wildman–Crippen MR) is 60.8 cm³/mol. The smallest absolute Gasteiger partial charge is 0.0663 e. The number of terminal acetylenes is 1. The molecule has 1 fully saturated rings. The summed E-state index contributed by atoms with van der Waals surface area (Å²) < 4.78 is 0. The highest BCUT2D eigenvalue weighted by Gasteiger charge is 2.42. The van der Waals surface area contributed by atoms with E-state index in [9.17, 15) is 0 Å². The Balaban J connectivity index is 2.66. The first-order valence-electron chi connectivity index (χ1n) is 5.37. The fraction of sp³-hybridized carbons (Fsp3) is 0.833. The van der Waals surface area contributed by atoms with E-state index in [0.29, 0.717) is 12.0 Å². The molecule has 1 rings (SSSR count). The van der Waals surface area contributed by atoms with E-state index >= 15 is 0 Å². The zero-order chi connectivity index (χ0) is 10.8. The van der Waals surface area contributed by atoms with Crippen molar-refractivity contribution in [2.24, 2.45) is 11.1 Å². The van der Waals surface area contributed by atoms with Gasteiger partial charge in [-0.2, -0.15) is 0 Å². The summed E-state index contributed by atoms with van der Waals surface area (Å²) in [6, 6.07) is 0.118. The lowest BCUT2D eigenvalue weighted by Crippen LogP contribution is -2.52. The van der Waals surface area contributed by atoms with Crippen LogP contribution in [0.15, 0.2) is 0 Å². The summed E-state index contributed by atoms with van der Waals surface area (Å²) in [4.78, 5) is 0. The van der Waals surface area contributed by atoms with E-state index in [4.69, 9.17) is 12.2 Å². The van der Waals surface area contributed by atoms with Gasteiger partial charge >= 0.3 is 0 Å². The normalized spacial score (nSPS) is 32.5. The van der Waals surface area contributed by atoms with Crippen LogP contribution in [0.25, 0.3) is 0 Å². The van der Waals surface area contributed by atoms with Crippen molar-refractivity contribution < 1.29 is 0 Å². The molecule has 0 aliphatic heterocycles. The van der Waals surface area contributed by atoms with Crippen LogP contribution in [0.5, 0.6) is 0 Å². The van der Waals surface area contributed by atoms with Crippen LogP contribution in [-0.4, -0.2) is 18.1 Å². The number of hydrogen-bond donors (Lipinski definition) is 2. The Labute approximate surface area is 87.6 Å². The monoisotopic (exact) mass is 194 g/mol. The highest BCUT2D eigenvalue weighted by Crippen LogP contribution is 2.43. The molecule has 1 aliphatic carbocycles. The van der Waals surface area contributed by atoms with E-state index in [0.717, 1.165) is 12.8 Å². The van der Waals surface area contributed by atoms with Gasteiger partial charge in [0.2, 0.25) is 0 Å². The van der Waals surface area contributed by atoms with E-state index in [2.05, 4.69) is 25.1 Å². The molecule has 0 amide bonds. The van der Waals surface area contributed by atoms with Crippen LogP contribution in [0.1, 0.15) is 40.0 Å². The molecule has 2 unspecified atom stereocenters. The van der Waals surface area contributed by atoms with Crippen LogP contribution in [0.3, 0.4) is 0 Å². The lowest BCUT2D eigenvalue weighted by molar-refractivity contribution is 0.283. The van der Waals surface area contributed by atoms with Crippen molar-refractivity contribution in [3.63, 3.8) is 0 Å². The summed E-state index contributed by atoms with van der Waals surface area (Å²) in [7, 11) is 0. The maximum atomic E-state index is 5.86. The molecule has 0 radical (unpaired) electrons. The topological polar surface area (TPSA) is 38.0 Å². The third-order valence-corrected chi connectivity index (χ3v) is 3.26. The van der Waals surface area contributed by atoms with Gasteiger partial charge in [-0.3, -0.25) is 5.32 Å². The predicted octanol–water partition coefficient (Wildman–Crippen LogP) is 1.51. The Morgan fingerprint density at radius 2 is 2.14 bits per heavy atom. The maximum absolute atomic E-state index is 5.86. The van der Waals surface area contributed by atoms with Crippen molar-refractivity contribution in [1.29, 1.82) is 0 Å². The molecule has 3 N–H and O–H groups in total. The summed E-state index contributed by atoms with van der Waals surface area (Å²) in [5.41, 5.74) is 6.34. The first-order chi connectivity index (χ1) is 6.43. The Bertz CT molecular complexity index is 239. The zero-order valence-corrected chi connectivity index (χ0v) is 9.56. The Morgan fingerprint density at radius 1 is 1.50 bits per heavy atom. The summed E-state index contributed by atoms with van der Waals surface area (Å²) >= 11 is 0.